The number of anilines is 1. The Morgan fingerprint density at radius 3 is 2.52 bits per heavy atom. The van der Waals surface area contributed by atoms with E-state index in [1.807, 2.05) is 0 Å². The molecule has 1 atom stereocenters. The summed E-state index contributed by atoms with van der Waals surface area (Å²) < 4.78 is 28.0. The number of nitro groups is 1. The third-order valence-corrected chi connectivity index (χ3v) is 6.22. The largest absolute Gasteiger partial charge is 0.387 e. The molecule has 3 aromatic carbocycles. The number of hydrogen-bond donors (Lipinski definition) is 3. The van der Waals surface area contributed by atoms with E-state index in [0.717, 1.165) is 0 Å². The normalized spacial score (nSPS) is 14.0. The Labute approximate surface area is 165 Å². The van der Waals surface area contributed by atoms with Crippen molar-refractivity contribution >= 4 is 38.1 Å². The molecule has 10 heteroatoms. The Hall–Kier alpha value is -3.34. The fourth-order valence-corrected chi connectivity index (χ4v) is 4.54. The van der Waals surface area contributed by atoms with Crippen LogP contribution in [0, 0.1) is 10.1 Å². The van der Waals surface area contributed by atoms with Gasteiger partial charge in [0, 0.05) is 40.7 Å². The topological polar surface area (TPSA) is 139 Å². The third kappa shape index (κ3) is 3.33. The summed E-state index contributed by atoms with van der Waals surface area (Å²) in [4.78, 5) is 22.1. The number of amides is 1. The predicted molar refractivity (Wildman–Crippen MR) is 105 cm³/mol. The first-order valence-electron chi connectivity index (χ1n) is 8.57. The summed E-state index contributed by atoms with van der Waals surface area (Å²) in [6.07, 6.45) is -1.19. The fraction of sp³-hybridized carbons (Fsp3) is 0.105. The van der Waals surface area contributed by atoms with Crippen molar-refractivity contribution < 1.29 is 23.2 Å². The van der Waals surface area contributed by atoms with Gasteiger partial charge in [0.15, 0.2) is 0 Å². The van der Waals surface area contributed by atoms with Crippen LogP contribution in [0.2, 0.25) is 0 Å². The maximum Gasteiger partial charge on any atom is 0.269 e. The van der Waals surface area contributed by atoms with Gasteiger partial charge in [-0.3, -0.25) is 14.9 Å². The van der Waals surface area contributed by atoms with Gasteiger partial charge in [0.1, 0.15) is 0 Å². The van der Waals surface area contributed by atoms with Crippen LogP contribution >= 0.6 is 0 Å². The smallest absolute Gasteiger partial charge is 0.269 e. The average Bonchev–Trinajstić information content (AvgIpc) is 3.04. The lowest BCUT2D eigenvalue weighted by atomic mass is 10.1. The van der Waals surface area contributed by atoms with Crippen molar-refractivity contribution in [1.82, 2.24) is 4.72 Å². The van der Waals surface area contributed by atoms with Crippen LogP contribution in [-0.4, -0.2) is 30.9 Å². The molecule has 1 aliphatic rings. The molecule has 1 aliphatic heterocycles. The number of carbonyl (C=O) groups is 1. The summed E-state index contributed by atoms with van der Waals surface area (Å²) >= 11 is 0. The molecule has 3 aromatic rings. The van der Waals surface area contributed by atoms with Gasteiger partial charge in [-0.2, -0.15) is 0 Å². The lowest BCUT2D eigenvalue weighted by molar-refractivity contribution is -0.384. The lowest BCUT2D eigenvalue weighted by Gasteiger charge is -2.14. The Bertz CT molecular complexity index is 1250. The van der Waals surface area contributed by atoms with Gasteiger partial charge in [-0.05, 0) is 35.9 Å². The molecule has 148 valence electrons. The van der Waals surface area contributed by atoms with Crippen molar-refractivity contribution in [2.24, 2.45) is 0 Å². The molecule has 0 bridgehead atoms. The van der Waals surface area contributed by atoms with Crippen LogP contribution in [0.3, 0.4) is 0 Å². The lowest BCUT2D eigenvalue weighted by Crippen LogP contribution is -2.28. The quantitative estimate of drug-likeness (QED) is 0.419. The molecule has 0 spiro atoms. The van der Waals surface area contributed by atoms with E-state index >= 15 is 0 Å². The summed E-state index contributed by atoms with van der Waals surface area (Å²) in [5.41, 5.74) is 1.16. The number of benzene rings is 3. The molecular weight excluding hydrogens is 398 g/mol. The first kappa shape index (κ1) is 19.0. The summed E-state index contributed by atoms with van der Waals surface area (Å²) in [7, 11) is -3.99. The standard InChI is InChI=1S/C19H15N3O6S/c23-16(11-4-6-12(7-5-11)22(25)26)10-20-29(27,28)17-9-8-15-18-13(17)2-1-3-14(18)19(24)21-15/h1-9,16,20,23H,10H2,(H,21,24)/t16-/m0/s1. The Balaban J connectivity index is 1.59. The van der Waals surface area contributed by atoms with Crippen molar-refractivity contribution in [2.45, 2.75) is 11.0 Å². The van der Waals surface area contributed by atoms with Crippen LogP contribution < -0.4 is 10.0 Å². The monoisotopic (exact) mass is 413 g/mol. The molecule has 0 saturated heterocycles. The van der Waals surface area contributed by atoms with E-state index < -0.39 is 21.1 Å². The number of rotatable bonds is 6. The van der Waals surface area contributed by atoms with E-state index in [1.165, 1.54) is 36.4 Å². The van der Waals surface area contributed by atoms with E-state index in [4.69, 9.17) is 0 Å². The number of nitro benzene ring substituents is 1. The molecule has 0 saturated carbocycles. The summed E-state index contributed by atoms with van der Waals surface area (Å²) in [6.45, 7) is -0.319. The minimum atomic E-state index is -3.99. The minimum Gasteiger partial charge on any atom is -0.387 e. The zero-order chi connectivity index (χ0) is 20.8. The minimum absolute atomic E-state index is 0.00880. The second-order valence-corrected chi connectivity index (χ2v) is 8.25. The van der Waals surface area contributed by atoms with Gasteiger partial charge >= 0.3 is 0 Å². The molecule has 1 amide bonds. The zero-order valence-electron chi connectivity index (χ0n) is 14.8. The first-order chi connectivity index (χ1) is 13.8. The predicted octanol–water partition coefficient (Wildman–Crippen LogP) is 2.33. The van der Waals surface area contributed by atoms with Crippen molar-refractivity contribution in [2.75, 3.05) is 11.9 Å². The summed E-state index contributed by atoms with van der Waals surface area (Å²) in [5, 5.41) is 24.6. The summed E-state index contributed by atoms with van der Waals surface area (Å²) in [5.74, 6) is -0.290. The van der Waals surface area contributed by atoms with Gasteiger partial charge in [0.25, 0.3) is 11.6 Å². The highest BCUT2D eigenvalue weighted by atomic mass is 32.2. The van der Waals surface area contributed by atoms with Gasteiger partial charge in [0.2, 0.25) is 10.0 Å². The van der Waals surface area contributed by atoms with Crippen molar-refractivity contribution in [3.05, 3.63) is 75.8 Å². The van der Waals surface area contributed by atoms with E-state index in [-0.39, 0.29) is 23.0 Å². The van der Waals surface area contributed by atoms with Gasteiger partial charge in [0.05, 0.1) is 15.9 Å². The first-order valence-corrected chi connectivity index (χ1v) is 10.1. The van der Waals surface area contributed by atoms with E-state index in [1.54, 1.807) is 18.2 Å². The highest BCUT2D eigenvalue weighted by Crippen LogP contribution is 2.36. The Kier molecular flexibility index (Phi) is 4.53. The summed E-state index contributed by atoms with van der Waals surface area (Å²) in [6, 6.07) is 13.0. The number of nitrogens with zero attached hydrogens (tertiary/aromatic N) is 1. The molecule has 0 aliphatic carbocycles. The van der Waals surface area contributed by atoms with Crippen molar-refractivity contribution in [1.29, 1.82) is 0 Å². The van der Waals surface area contributed by atoms with Crippen LogP contribution in [-0.2, 0) is 10.0 Å². The van der Waals surface area contributed by atoms with Crippen molar-refractivity contribution in [3.8, 4) is 0 Å². The van der Waals surface area contributed by atoms with Gasteiger partial charge < -0.3 is 10.4 Å². The molecular formula is C19H15N3O6S. The maximum atomic E-state index is 12.8. The molecule has 4 rings (SSSR count). The van der Waals surface area contributed by atoms with Crippen LogP contribution in [0.15, 0.2) is 59.5 Å². The molecule has 9 nitrogen and oxygen atoms in total. The molecule has 3 N–H and O–H groups in total. The van der Waals surface area contributed by atoms with Crippen molar-refractivity contribution in [3.63, 3.8) is 0 Å². The van der Waals surface area contributed by atoms with E-state index in [0.29, 0.717) is 27.6 Å². The van der Waals surface area contributed by atoms with Crippen LogP contribution in [0.5, 0.6) is 0 Å². The zero-order valence-corrected chi connectivity index (χ0v) is 15.6. The Morgan fingerprint density at radius 1 is 1.10 bits per heavy atom. The van der Waals surface area contributed by atoms with E-state index in [9.17, 15) is 28.4 Å². The number of sulfonamides is 1. The number of non-ortho nitro benzene ring substituents is 1. The SMILES string of the molecule is O=C1Nc2ccc(S(=O)(=O)NC[C@H](O)c3ccc([N+](=O)[O-])cc3)c3cccc1c23. The second-order valence-electron chi connectivity index (χ2n) is 6.51. The highest BCUT2D eigenvalue weighted by molar-refractivity contribution is 7.89. The molecule has 1 heterocycles. The number of aliphatic hydroxyl groups excluding tert-OH is 1. The van der Waals surface area contributed by atoms with Crippen LogP contribution in [0.1, 0.15) is 22.0 Å². The molecule has 29 heavy (non-hydrogen) atoms. The number of aliphatic hydroxyl groups is 1. The van der Waals surface area contributed by atoms with Crippen LogP contribution in [0.4, 0.5) is 11.4 Å². The van der Waals surface area contributed by atoms with Gasteiger partial charge in [-0.1, -0.05) is 12.1 Å². The average molecular weight is 413 g/mol. The highest BCUT2D eigenvalue weighted by Gasteiger charge is 2.26. The molecule has 0 radical (unpaired) electrons. The Morgan fingerprint density at radius 2 is 1.83 bits per heavy atom. The van der Waals surface area contributed by atoms with Crippen LogP contribution in [0.25, 0.3) is 10.8 Å². The second kappa shape index (κ2) is 6.92. The van der Waals surface area contributed by atoms with E-state index in [2.05, 4.69) is 10.0 Å². The maximum absolute atomic E-state index is 12.8. The number of nitrogens with one attached hydrogen (secondary N) is 2. The number of hydrogen-bond acceptors (Lipinski definition) is 6. The van der Waals surface area contributed by atoms with Gasteiger partial charge in [-0.25, -0.2) is 13.1 Å². The molecule has 0 unspecified atom stereocenters. The van der Waals surface area contributed by atoms with Gasteiger partial charge in [-0.15, -0.1) is 0 Å². The molecule has 0 aromatic heterocycles. The number of carbonyl (C=O) groups excluding carboxylic acids is 1. The molecule has 0 fully saturated rings. The fourth-order valence-electron chi connectivity index (χ4n) is 3.30. The third-order valence-electron chi connectivity index (χ3n) is 4.74.